The third kappa shape index (κ3) is 5.88. The monoisotopic (exact) mass is 282 g/mol. The SMILES string of the molecule is CCCCCN(C)c1ccc(CNCCOC)cc1F. The van der Waals surface area contributed by atoms with Gasteiger partial charge in [-0.2, -0.15) is 0 Å². The van der Waals surface area contributed by atoms with Gasteiger partial charge in [-0.3, -0.25) is 0 Å². The smallest absolute Gasteiger partial charge is 0.146 e. The van der Waals surface area contributed by atoms with Crippen LogP contribution in [0.1, 0.15) is 31.7 Å². The molecule has 4 heteroatoms. The molecule has 0 aliphatic carbocycles. The van der Waals surface area contributed by atoms with E-state index in [9.17, 15) is 4.39 Å². The van der Waals surface area contributed by atoms with Crippen LogP contribution in [0.2, 0.25) is 0 Å². The normalized spacial score (nSPS) is 10.8. The maximum atomic E-state index is 14.1. The molecule has 0 aliphatic heterocycles. The molecular weight excluding hydrogens is 255 g/mol. The molecule has 0 aromatic heterocycles. The Morgan fingerprint density at radius 1 is 1.30 bits per heavy atom. The summed E-state index contributed by atoms with van der Waals surface area (Å²) in [5, 5.41) is 3.22. The van der Waals surface area contributed by atoms with Gasteiger partial charge in [0.05, 0.1) is 12.3 Å². The van der Waals surface area contributed by atoms with E-state index in [-0.39, 0.29) is 5.82 Å². The van der Waals surface area contributed by atoms with Crippen molar-refractivity contribution < 1.29 is 9.13 Å². The summed E-state index contributed by atoms with van der Waals surface area (Å²) < 4.78 is 19.0. The molecule has 0 saturated heterocycles. The Labute approximate surface area is 122 Å². The highest BCUT2D eigenvalue weighted by Crippen LogP contribution is 2.20. The van der Waals surface area contributed by atoms with E-state index in [1.54, 1.807) is 13.2 Å². The Morgan fingerprint density at radius 2 is 2.10 bits per heavy atom. The van der Waals surface area contributed by atoms with E-state index < -0.39 is 0 Å². The van der Waals surface area contributed by atoms with Crippen LogP contribution >= 0.6 is 0 Å². The van der Waals surface area contributed by atoms with Gasteiger partial charge in [-0.25, -0.2) is 4.39 Å². The van der Waals surface area contributed by atoms with E-state index in [1.807, 2.05) is 24.1 Å². The number of hydrogen-bond donors (Lipinski definition) is 1. The summed E-state index contributed by atoms with van der Waals surface area (Å²) in [4.78, 5) is 1.99. The van der Waals surface area contributed by atoms with Gasteiger partial charge in [0.25, 0.3) is 0 Å². The number of unbranched alkanes of at least 4 members (excludes halogenated alkanes) is 2. The van der Waals surface area contributed by atoms with Crippen molar-refractivity contribution in [3.05, 3.63) is 29.6 Å². The zero-order chi connectivity index (χ0) is 14.8. The summed E-state index contributed by atoms with van der Waals surface area (Å²) in [5.41, 5.74) is 1.64. The first-order valence-electron chi connectivity index (χ1n) is 7.38. The summed E-state index contributed by atoms with van der Waals surface area (Å²) in [5.74, 6) is -0.143. The van der Waals surface area contributed by atoms with Crippen LogP contribution in [-0.4, -0.2) is 33.9 Å². The molecule has 0 unspecified atom stereocenters. The lowest BCUT2D eigenvalue weighted by molar-refractivity contribution is 0.199. The van der Waals surface area contributed by atoms with E-state index >= 15 is 0 Å². The van der Waals surface area contributed by atoms with Crippen LogP contribution < -0.4 is 10.2 Å². The first kappa shape index (κ1) is 16.9. The Morgan fingerprint density at radius 3 is 2.75 bits per heavy atom. The third-order valence-corrected chi connectivity index (χ3v) is 3.33. The highest BCUT2D eigenvalue weighted by Gasteiger charge is 2.08. The summed E-state index contributed by atoms with van der Waals surface area (Å²) in [6, 6.07) is 5.47. The van der Waals surface area contributed by atoms with Crippen molar-refractivity contribution >= 4 is 5.69 Å². The number of methoxy groups -OCH3 is 1. The highest BCUT2D eigenvalue weighted by atomic mass is 19.1. The minimum Gasteiger partial charge on any atom is -0.383 e. The van der Waals surface area contributed by atoms with Crippen LogP contribution in [0.25, 0.3) is 0 Å². The fourth-order valence-electron chi connectivity index (χ4n) is 2.10. The Bertz CT molecular complexity index is 385. The molecule has 1 aromatic rings. The topological polar surface area (TPSA) is 24.5 Å². The second kappa shape index (κ2) is 9.72. The number of halogens is 1. The second-order valence-electron chi connectivity index (χ2n) is 5.08. The molecule has 0 heterocycles. The lowest BCUT2D eigenvalue weighted by Crippen LogP contribution is -2.21. The second-order valence-corrected chi connectivity index (χ2v) is 5.08. The molecule has 0 radical (unpaired) electrons. The molecule has 114 valence electrons. The van der Waals surface area contributed by atoms with Crippen molar-refractivity contribution in [3.8, 4) is 0 Å². The van der Waals surface area contributed by atoms with E-state index in [0.717, 1.165) is 25.1 Å². The van der Waals surface area contributed by atoms with Gasteiger partial charge < -0.3 is 15.0 Å². The van der Waals surface area contributed by atoms with Crippen LogP contribution in [0.3, 0.4) is 0 Å². The summed E-state index contributed by atoms with van der Waals surface area (Å²) in [6.45, 7) is 5.18. The minimum absolute atomic E-state index is 0.143. The van der Waals surface area contributed by atoms with E-state index in [2.05, 4.69) is 12.2 Å². The van der Waals surface area contributed by atoms with Gasteiger partial charge >= 0.3 is 0 Å². The van der Waals surface area contributed by atoms with Gasteiger partial charge in [-0.05, 0) is 24.1 Å². The molecule has 0 aliphatic rings. The summed E-state index contributed by atoms with van der Waals surface area (Å²) >= 11 is 0. The molecule has 0 amide bonds. The van der Waals surface area contributed by atoms with Crippen LogP contribution in [0, 0.1) is 5.82 Å². The van der Waals surface area contributed by atoms with Gasteiger partial charge in [0.15, 0.2) is 0 Å². The molecule has 0 saturated carbocycles. The van der Waals surface area contributed by atoms with Crippen molar-refractivity contribution in [2.45, 2.75) is 32.7 Å². The maximum absolute atomic E-state index is 14.1. The zero-order valence-corrected chi connectivity index (χ0v) is 12.9. The Balaban J connectivity index is 2.49. The molecule has 0 atom stereocenters. The van der Waals surface area contributed by atoms with Gasteiger partial charge in [-0.1, -0.05) is 25.8 Å². The molecule has 0 spiro atoms. The predicted octanol–water partition coefficient (Wildman–Crippen LogP) is 3.19. The highest BCUT2D eigenvalue weighted by molar-refractivity contribution is 5.48. The first-order valence-corrected chi connectivity index (χ1v) is 7.38. The van der Waals surface area contributed by atoms with Crippen molar-refractivity contribution in [2.24, 2.45) is 0 Å². The molecule has 1 rings (SSSR count). The quantitative estimate of drug-likeness (QED) is 0.667. The lowest BCUT2D eigenvalue weighted by Gasteiger charge is -2.20. The molecule has 3 nitrogen and oxygen atoms in total. The Hall–Kier alpha value is -1.13. The number of anilines is 1. The number of ether oxygens (including phenoxy) is 1. The average molecular weight is 282 g/mol. The van der Waals surface area contributed by atoms with Gasteiger partial charge in [0, 0.05) is 33.8 Å². The predicted molar refractivity (Wildman–Crippen MR) is 82.8 cm³/mol. The molecule has 1 aromatic carbocycles. The van der Waals surface area contributed by atoms with Crippen molar-refractivity contribution in [3.63, 3.8) is 0 Å². The van der Waals surface area contributed by atoms with Crippen LogP contribution in [0.4, 0.5) is 10.1 Å². The van der Waals surface area contributed by atoms with Crippen LogP contribution in [0.15, 0.2) is 18.2 Å². The Kier molecular flexibility index (Phi) is 8.23. The van der Waals surface area contributed by atoms with Crippen molar-refractivity contribution in [2.75, 3.05) is 38.8 Å². The molecule has 0 fully saturated rings. The summed E-state index contributed by atoms with van der Waals surface area (Å²) in [7, 11) is 3.62. The first-order chi connectivity index (χ1) is 9.69. The number of benzene rings is 1. The largest absolute Gasteiger partial charge is 0.383 e. The average Bonchev–Trinajstić information content (AvgIpc) is 2.44. The molecule has 20 heavy (non-hydrogen) atoms. The van der Waals surface area contributed by atoms with Crippen molar-refractivity contribution in [1.29, 1.82) is 0 Å². The van der Waals surface area contributed by atoms with E-state index in [4.69, 9.17) is 4.74 Å². The van der Waals surface area contributed by atoms with E-state index in [1.165, 1.54) is 12.8 Å². The summed E-state index contributed by atoms with van der Waals surface area (Å²) in [6.07, 6.45) is 3.47. The van der Waals surface area contributed by atoms with Crippen LogP contribution in [-0.2, 0) is 11.3 Å². The van der Waals surface area contributed by atoms with Gasteiger partial charge in [0.1, 0.15) is 5.82 Å². The number of nitrogens with zero attached hydrogens (tertiary/aromatic N) is 1. The molecule has 1 N–H and O–H groups in total. The molecule has 0 bridgehead atoms. The van der Waals surface area contributed by atoms with Gasteiger partial charge in [0.2, 0.25) is 0 Å². The zero-order valence-electron chi connectivity index (χ0n) is 12.9. The third-order valence-electron chi connectivity index (χ3n) is 3.33. The number of hydrogen-bond acceptors (Lipinski definition) is 3. The fourth-order valence-corrected chi connectivity index (χ4v) is 2.10. The maximum Gasteiger partial charge on any atom is 0.146 e. The fraction of sp³-hybridized carbons (Fsp3) is 0.625. The van der Waals surface area contributed by atoms with Crippen molar-refractivity contribution in [1.82, 2.24) is 5.32 Å². The number of rotatable bonds is 10. The van der Waals surface area contributed by atoms with Gasteiger partial charge in [-0.15, -0.1) is 0 Å². The standard InChI is InChI=1S/C16H27FN2O/c1-4-5-6-10-19(2)16-8-7-14(12-15(16)17)13-18-9-11-20-3/h7-8,12,18H,4-6,9-11,13H2,1-3H3. The van der Waals surface area contributed by atoms with Crippen LogP contribution in [0.5, 0.6) is 0 Å². The number of nitrogens with one attached hydrogen (secondary N) is 1. The minimum atomic E-state index is -0.143. The lowest BCUT2D eigenvalue weighted by atomic mass is 10.1. The van der Waals surface area contributed by atoms with E-state index in [0.29, 0.717) is 18.8 Å². The molecular formula is C16H27FN2O.